The number of alkyl carbamates (subject to hydrolysis) is 1. The molecule has 0 spiro atoms. The number of hydrogen-bond donors (Lipinski definition) is 2. The van der Waals surface area contributed by atoms with Crippen molar-refractivity contribution in [1.29, 1.82) is 0 Å². The van der Waals surface area contributed by atoms with Crippen molar-refractivity contribution in [2.75, 3.05) is 19.8 Å². The van der Waals surface area contributed by atoms with Crippen molar-refractivity contribution < 1.29 is 38.2 Å². The first-order valence-electron chi connectivity index (χ1n) is 7.98. The number of hydrogen-bond acceptors (Lipinski definition) is 5. The molecule has 0 aliphatic heterocycles. The van der Waals surface area contributed by atoms with Crippen LogP contribution in [0.1, 0.15) is 37.6 Å². The van der Waals surface area contributed by atoms with Crippen LogP contribution in [0.25, 0.3) is 0 Å². The Morgan fingerprint density at radius 1 is 1.40 bits per heavy atom. The molecule has 1 aromatic rings. The molecule has 0 radical (unpaired) electrons. The Labute approximate surface area is 172 Å². The van der Waals surface area contributed by atoms with E-state index in [9.17, 15) is 9.90 Å². The minimum Gasteiger partial charge on any atom is -0.476 e. The third kappa shape index (κ3) is 7.60. The Morgan fingerprint density at radius 3 is 2.68 bits per heavy atom. The molecule has 1 atom stereocenters. The quantitative estimate of drug-likeness (QED) is 0.450. The maximum absolute atomic E-state index is 11.5. The van der Waals surface area contributed by atoms with Gasteiger partial charge in [-0.05, 0) is 57.6 Å². The van der Waals surface area contributed by atoms with Gasteiger partial charge in [0.05, 0.1) is 6.54 Å². The number of nitrogens with zero attached hydrogens (tertiary/aromatic N) is 1. The molecular weight excluding hydrogens is 330 g/mol. The Balaban J connectivity index is 0.00000288. The number of aliphatic hydroxyl groups excluding tert-OH is 1. The van der Waals surface area contributed by atoms with Gasteiger partial charge in [0.25, 0.3) is 0 Å². The molecule has 2 N–H and O–H groups in total. The minimum atomic E-state index is -0.507. The standard InChI is InChI=1S/C17H26N2O4.Al.Li.4H/c1-11-14-8-12(10-20)7-13(14)9-15(19-11)22-6-5-18-16(21)23-17(2,3)4;;;;;;/h9,12,20H,5-8,10H2,1-4H3,(H,18,21);;;;;;/q;-1;+1;;;;. The van der Waals surface area contributed by atoms with E-state index < -0.39 is 11.7 Å². The predicted molar refractivity (Wildman–Crippen MR) is 98.0 cm³/mol. The first-order valence-corrected chi connectivity index (χ1v) is 7.98. The van der Waals surface area contributed by atoms with E-state index in [1.165, 1.54) is 11.1 Å². The van der Waals surface area contributed by atoms with E-state index in [0.717, 1.165) is 18.5 Å². The zero-order valence-electron chi connectivity index (χ0n) is 15.3. The molecule has 25 heavy (non-hydrogen) atoms. The van der Waals surface area contributed by atoms with Crippen LogP contribution in [0.2, 0.25) is 0 Å². The summed E-state index contributed by atoms with van der Waals surface area (Å²) in [4.78, 5) is 16.0. The molecule has 1 amide bonds. The van der Waals surface area contributed by atoms with Crippen LogP contribution in [0.4, 0.5) is 4.79 Å². The van der Waals surface area contributed by atoms with E-state index in [2.05, 4.69) is 10.3 Å². The topological polar surface area (TPSA) is 80.7 Å². The van der Waals surface area contributed by atoms with E-state index in [1.54, 1.807) is 0 Å². The number of carbonyl (C=O) groups is 1. The number of nitrogens with one attached hydrogen (secondary N) is 1. The minimum absolute atomic E-state index is 0. The van der Waals surface area contributed by atoms with Crippen molar-refractivity contribution in [2.45, 2.75) is 46.1 Å². The molecule has 136 valence electrons. The second-order valence-electron chi connectivity index (χ2n) is 6.92. The molecule has 0 saturated carbocycles. The van der Waals surface area contributed by atoms with Gasteiger partial charge < -0.3 is 19.9 Å². The third-order valence-electron chi connectivity index (χ3n) is 3.68. The first kappa shape index (κ1) is 24.3. The summed E-state index contributed by atoms with van der Waals surface area (Å²) in [5, 5.41) is 11.9. The van der Waals surface area contributed by atoms with Crippen LogP contribution >= 0.6 is 0 Å². The van der Waals surface area contributed by atoms with Crippen molar-refractivity contribution >= 4 is 23.5 Å². The van der Waals surface area contributed by atoms with Crippen molar-refractivity contribution in [3.63, 3.8) is 0 Å². The molecule has 1 aromatic heterocycles. The monoisotopic (exact) mass is 360 g/mol. The molecule has 0 fully saturated rings. The van der Waals surface area contributed by atoms with Crippen molar-refractivity contribution in [3.8, 4) is 5.88 Å². The molecule has 1 aliphatic rings. The maximum Gasteiger partial charge on any atom is 1.00 e. The predicted octanol–water partition coefficient (Wildman–Crippen LogP) is -2.45. The second-order valence-corrected chi connectivity index (χ2v) is 6.92. The summed E-state index contributed by atoms with van der Waals surface area (Å²) in [6.45, 7) is 8.30. The van der Waals surface area contributed by atoms with Gasteiger partial charge in [-0.3, -0.25) is 0 Å². The average molecular weight is 360 g/mol. The number of fused-ring (bicyclic) bond motifs is 1. The van der Waals surface area contributed by atoms with E-state index in [0.29, 0.717) is 19.0 Å². The van der Waals surface area contributed by atoms with Gasteiger partial charge in [0.2, 0.25) is 5.88 Å². The van der Waals surface area contributed by atoms with Crippen LogP contribution in [-0.2, 0) is 17.6 Å². The van der Waals surface area contributed by atoms with Crippen LogP contribution in [0.5, 0.6) is 5.88 Å². The van der Waals surface area contributed by atoms with Gasteiger partial charge in [0, 0.05) is 35.7 Å². The summed E-state index contributed by atoms with van der Waals surface area (Å²) in [6, 6.07) is 1.94. The molecule has 0 aromatic carbocycles. The van der Waals surface area contributed by atoms with Crippen LogP contribution in [0, 0.1) is 12.8 Å². The summed E-state index contributed by atoms with van der Waals surface area (Å²) < 4.78 is 10.8. The molecule has 0 bridgehead atoms. The molecular formula is C17H30AlLiN2O4. The summed E-state index contributed by atoms with van der Waals surface area (Å²) in [5.41, 5.74) is 2.87. The van der Waals surface area contributed by atoms with Crippen LogP contribution in [0.3, 0.4) is 0 Å². The number of carbonyl (C=O) groups excluding carboxylic acids is 1. The SMILES string of the molecule is Cc1nc(OCCNC(=O)OC(C)(C)C)cc2c1CC(CO)C2.[AlH4-].[Li+]. The molecule has 1 heterocycles. The van der Waals surface area contributed by atoms with E-state index in [4.69, 9.17) is 9.47 Å². The van der Waals surface area contributed by atoms with Crippen molar-refractivity contribution in [2.24, 2.45) is 5.92 Å². The van der Waals surface area contributed by atoms with Gasteiger partial charge >= 0.3 is 25.0 Å². The number of pyridine rings is 1. The molecule has 1 unspecified atom stereocenters. The van der Waals surface area contributed by atoms with Gasteiger partial charge in [-0.1, -0.05) is 0 Å². The van der Waals surface area contributed by atoms with Crippen molar-refractivity contribution in [3.05, 3.63) is 22.9 Å². The van der Waals surface area contributed by atoms with Gasteiger partial charge in [-0.25, -0.2) is 9.78 Å². The molecule has 6 nitrogen and oxygen atoms in total. The third-order valence-corrected chi connectivity index (χ3v) is 3.68. The van der Waals surface area contributed by atoms with E-state index >= 15 is 0 Å². The largest absolute Gasteiger partial charge is 1.00 e. The zero-order valence-corrected chi connectivity index (χ0v) is 15.3. The number of amides is 1. The number of ether oxygens (including phenoxy) is 2. The van der Waals surface area contributed by atoms with Gasteiger partial charge in [0.1, 0.15) is 12.2 Å². The number of aryl methyl sites for hydroxylation is 1. The summed E-state index contributed by atoms with van der Waals surface area (Å²) in [6.07, 6.45) is 1.29. The average Bonchev–Trinajstić information content (AvgIpc) is 2.85. The fourth-order valence-corrected chi connectivity index (χ4v) is 2.69. The van der Waals surface area contributed by atoms with E-state index in [1.807, 2.05) is 33.8 Å². The first-order chi connectivity index (χ1) is 10.8. The normalized spacial score (nSPS) is 15.5. The zero-order chi connectivity index (χ0) is 17.0. The number of aromatic nitrogens is 1. The van der Waals surface area contributed by atoms with Gasteiger partial charge in [0.15, 0.2) is 0 Å². The van der Waals surface area contributed by atoms with Gasteiger partial charge in [-0.2, -0.15) is 0 Å². The van der Waals surface area contributed by atoms with Crippen LogP contribution < -0.4 is 28.9 Å². The fourth-order valence-electron chi connectivity index (χ4n) is 2.69. The molecule has 2 rings (SSSR count). The Hall–Kier alpha value is -0.690. The fraction of sp³-hybridized carbons (Fsp3) is 0.647. The summed E-state index contributed by atoms with van der Waals surface area (Å²) in [5.74, 6) is 0.848. The molecule has 8 heteroatoms. The summed E-state index contributed by atoms with van der Waals surface area (Å²) >= 11 is 0. The Bertz CT molecular complexity index is 579. The van der Waals surface area contributed by atoms with Crippen LogP contribution in [0.15, 0.2) is 6.07 Å². The number of aliphatic hydroxyl groups is 1. The second kappa shape index (κ2) is 10.5. The van der Waals surface area contributed by atoms with Crippen molar-refractivity contribution in [1.82, 2.24) is 10.3 Å². The van der Waals surface area contributed by atoms with Crippen LogP contribution in [-0.4, -0.2) is 58.9 Å². The molecule has 1 aliphatic carbocycles. The Morgan fingerprint density at radius 2 is 2.08 bits per heavy atom. The van der Waals surface area contributed by atoms with Gasteiger partial charge in [-0.15, -0.1) is 0 Å². The smallest absolute Gasteiger partial charge is 0.476 e. The molecule has 0 saturated heterocycles. The summed E-state index contributed by atoms with van der Waals surface area (Å²) in [7, 11) is 0. The maximum atomic E-state index is 11.5. The van der Waals surface area contributed by atoms with E-state index in [-0.39, 0.29) is 48.7 Å². The Kier molecular flexibility index (Phi) is 10.2. The number of rotatable bonds is 5.